The van der Waals surface area contributed by atoms with Crippen LogP contribution in [0.5, 0.6) is 0 Å². The van der Waals surface area contributed by atoms with Crippen LogP contribution in [-0.4, -0.2) is 46.4 Å². The van der Waals surface area contributed by atoms with Crippen molar-refractivity contribution < 1.29 is 9.21 Å². The number of hydrogen-bond donors (Lipinski definition) is 1. The average molecular weight is 313 g/mol. The Morgan fingerprint density at radius 2 is 2.13 bits per heavy atom. The Bertz CT molecular complexity index is 779. The molecule has 0 aliphatic carbocycles. The minimum absolute atomic E-state index is 0.0126. The van der Waals surface area contributed by atoms with Crippen molar-refractivity contribution in [1.29, 1.82) is 0 Å². The monoisotopic (exact) mass is 313 g/mol. The number of hydrogen-bond acceptors (Lipinski definition) is 5. The van der Waals surface area contributed by atoms with Gasteiger partial charge in [-0.2, -0.15) is 0 Å². The van der Waals surface area contributed by atoms with Crippen molar-refractivity contribution in [1.82, 2.24) is 25.2 Å². The Balaban J connectivity index is 1.63. The van der Waals surface area contributed by atoms with Crippen LogP contribution in [0.1, 0.15) is 11.8 Å². The van der Waals surface area contributed by atoms with Gasteiger partial charge in [0.25, 0.3) is 0 Å². The van der Waals surface area contributed by atoms with E-state index in [1.807, 2.05) is 55.4 Å². The molecule has 0 fully saturated rings. The molecule has 0 aliphatic rings. The molecule has 2 aromatic heterocycles. The van der Waals surface area contributed by atoms with E-state index >= 15 is 0 Å². The zero-order chi connectivity index (χ0) is 16.2. The molecule has 7 nitrogen and oxygen atoms in total. The Hall–Kier alpha value is -2.67. The highest BCUT2D eigenvalue weighted by Crippen LogP contribution is 2.17. The third-order valence-corrected chi connectivity index (χ3v) is 3.70. The topological polar surface area (TPSA) is 76.2 Å². The smallest absolute Gasteiger partial charge is 0.241 e. The zero-order valence-corrected chi connectivity index (χ0v) is 13.1. The number of carbonyl (C=O) groups is 1. The largest absolute Gasteiger partial charge is 0.468 e. The minimum Gasteiger partial charge on any atom is -0.468 e. The quantitative estimate of drug-likeness (QED) is 0.745. The number of carbonyl (C=O) groups excluding carboxylic acids is 1. The third-order valence-electron chi connectivity index (χ3n) is 3.70. The van der Waals surface area contributed by atoms with Crippen molar-refractivity contribution in [3.8, 4) is 0 Å². The van der Waals surface area contributed by atoms with Crippen LogP contribution in [-0.2, 0) is 11.3 Å². The Morgan fingerprint density at radius 3 is 2.87 bits per heavy atom. The van der Waals surface area contributed by atoms with Crippen molar-refractivity contribution >= 4 is 16.9 Å². The van der Waals surface area contributed by atoms with Gasteiger partial charge in [0, 0.05) is 6.54 Å². The van der Waals surface area contributed by atoms with Crippen molar-refractivity contribution in [3.63, 3.8) is 0 Å². The van der Waals surface area contributed by atoms with E-state index in [0.29, 0.717) is 6.54 Å². The van der Waals surface area contributed by atoms with Crippen LogP contribution in [0.3, 0.4) is 0 Å². The first-order valence-electron chi connectivity index (χ1n) is 7.40. The molecule has 1 aromatic carbocycles. The molecule has 1 unspecified atom stereocenters. The van der Waals surface area contributed by atoms with Crippen molar-refractivity contribution in [2.45, 2.75) is 12.6 Å². The molecule has 23 heavy (non-hydrogen) atoms. The van der Waals surface area contributed by atoms with Gasteiger partial charge in [-0.15, -0.1) is 5.10 Å². The van der Waals surface area contributed by atoms with Crippen LogP contribution in [0, 0.1) is 0 Å². The standard InChI is InChI=1S/C16H19N5O2/c1-20(2)14(15-8-5-9-23-15)10-17-16(22)11-21-13-7-4-3-6-12(13)18-19-21/h3-9,14H,10-11H2,1-2H3,(H,17,22). The molecule has 7 heteroatoms. The minimum atomic E-state index is -0.112. The van der Waals surface area contributed by atoms with Crippen LogP contribution in [0.25, 0.3) is 11.0 Å². The van der Waals surface area contributed by atoms with Gasteiger partial charge in [0.1, 0.15) is 17.8 Å². The van der Waals surface area contributed by atoms with Crippen molar-refractivity contribution in [2.75, 3.05) is 20.6 Å². The number of furan rings is 1. The van der Waals surface area contributed by atoms with Gasteiger partial charge in [-0.1, -0.05) is 17.3 Å². The maximum absolute atomic E-state index is 12.2. The van der Waals surface area contributed by atoms with E-state index in [1.165, 1.54) is 0 Å². The summed E-state index contributed by atoms with van der Waals surface area (Å²) in [6.45, 7) is 0.602. The van der Waals surface area contributed by atoms with E-state index in [4.69, 9.17) is 4.42 Å². The van der Waals surface area contributed by atoms with E-state index in [9.17, 15) is 4.79 Å². The average Bonchev–Trinajstić information content (AvgIpc) is 3.18. The lowest BCUT2D eigenvalue weighted by Gasteiger charge is -2.22. The molecule has 1 amide bonds. The first-order valence-corrected chi connectivity index (χ1v) is 7.40. The first kappa shape index (κ1) is 15.2. The van der Waals surface area contributed by atoms with Gasteiger partial charge in [0.2, 0.25) is 5.91 Å². The molecule has 1 N–H and O–H groups in total. The normalized spacial score (nSPS) is 12.7. The van der Waals surface area contributed by atoms with Crippen molar-refractivity contribution in [3.05, 3.63) is 48.4 Å². The summed E-state index contributed by atoms with van der Waals surface area (Å²) in [7, 11) is 3.90. The van der Waals surface area contributed by atoms with E-state index in [2.05, 4.69) is 15.6 Å². The Morgan fingerprint density at radius 1 is 1.30 bits per heavy atom. The summed E-state index contributed by atoms with van der Waals surface area (Å²) >= 11 is 0. The Labute approximate surface area is 133 Å². The molecule has 0 spiro atoms. The second-order valence-corrected chi connectivity index (χ2v) is 5.53. The van der Waals surface area contributed by atoms with Gasteiger partial charge in [-0.05, 0) is 38.4 Å². The molecule has 0 bridgehead atoms. The molecule has 3 aromatic rings. The van der Waals surface area contributed by atoms with Crippen LogP contribution in [0.2, 0.25) is 0 Å². The summed E-state index contributed by atoms with van der Waals surface area (Å²) in [4.78, 5) is 14.2. The van der Waals surface area contributed by atoms with E-state index < -0.39 is 0 Å². The molecular formula is C16H19N5O2. The second-order valence-electron chi connectivity index (χ2n) is 5.53. The molecule has 0 saturated heterocycles. The maximum Gasteiger partial charge on any atom is 0.241 e. The number of para-hydroxylation sites is 1. The highest BCUT2D eigenvalue weighted by atomic mass is 16.3. The summed E-state index contributed by atoms with van der Waals surface area (Å²) in [6.07, 6.45) is 1.63. The van der Waals surface area contributed by atoms with Crippen LogP contribution >= 0.6 is 0 Å². The number of rotatable bonds is 6. The molecule has 0 saturated carbocycles. The second kappa shape index (κ2) is 6.62. The highest BCUT2D eigenvalue weighted by Gasteiger charge is 2.18. The van der Waals surface area contributed by atoms with Gasteiger partial charge in [0.05, 0.1) is 17.8 Å². The molecule has 0 aliphatic heterocycles. The predicted molar refractivity (Wildman–Crippen MR) is 85.7 cm³/mol. The van der Waals surface area contributed by atoms with Crippen molar-refractivity contribution in [2.24, 2.45) is 0 Å². The molecular weight excluding hydrogens is 294 g/mol. The summed E-state index contributed by atoms with van der Waals surface area (Å²) in [6, 6.07) is 11.3. The molecule has 120 valence electrons. The molecule has 3 rings (SSSR count). The molecule has 2 heterocycles. The van der Waals surface area contributed by atoms with Crippen LogP contribution < -0.4 is 5.32 Å². The SMILES string of the molecule is CN(C)C(CNC(=O)Cn1nnc2ccccc21)c1ccco1. The lowest BCUT2D eigenvalue weighted by molar-refractivity contribution is -0.122. The number of benzene rings is 1. The van der Waals surface area contributed by atoms with Gasteiger partial charge in [-0.25, -0.2) is 4.68 Å². The number of likely N-dealkylation sites (N-methyl/N-ethyl adjacent to an activating group) is 1. The van der Waals surface area contributed by atoms with Gasteiger partial charge in [-0.3, -0.25) is 9.69 Å². The number of nitrogens with one attached hydrogen (secondary N) is 1. The first-order chi connectivity index (χ1) is 11.1. The van der Waals surface area contributed by atoms with Gasteiger partial charge in [0.15, 0.2) is 0 Å². The fourth-order valence-electron chi connectivity index (χ4n) is 2.46. The summed E-state index contributed by atoms with van der Waals surface area (Å²) < 4.78 is 7.03. The van der Waals surface area contributed by atoms with E-state index in [-0.39, 0.29) is 18.5 Å². The number of nitrogens with zero attached hydrogens (tertiary/aromatic N) is 4. The molecule has 1 atom stereocenters. The van der Waals surface area contributed by atoms with Crippen LogP contribution in [0.4, 0.5) is 0 Å². The van der Waals surface area contributed by atoms with Crippen LogP contribution in [0.15, 0.2) is 47.1 Å². The fourth-order valence-corrected chi connectivity index (χ4v) is 2.46. The highest BCUT2D eigenvalue weighted by molar-refractivity contribution is 5.79. The number of amides is 1. The Kier molecular flexibility index (Phi) is 4.38. The lowest BCUT2D eigenvalue weighted by atomic mass is 10.2. The lowest BCUT2D eigenvalue weighted by Crippen LogP contribution is -2.36. The van der Waals surface area contributed by atoms with Gasteiger partial charge < -0.3 is 9.73 Å². The maximum atomic E-state index is 12.2. The number of fused-ring (bicyclic) bond motifs is 1. The van der Waals surface area contributed by atoms with E-state index in [1.54, 1.807) is 10.9 Å². The summed E-state index contributed by atoms with van der Waals surface area (Å²) in [5, 5.41) is 11.0. The van der Waals surface area contributed by atoms with E-state index in [0.717, 1.165) is 16.8 Å². The predicted octanol–water partition coefficient (Wildman–Crippen LogP) is 1.44. The fraction of sp³-hybridized carbons (Fsp3) is 0.312. The zero-order valence-electron chi connectivity index (χ0n) is 13.1. The number of aromatic nitrogens is 3. The third kappa shape index (κ3) is 3.40. The summed E-state index contributed by atoms with van der Waals surface area (Å²) in [5.41, 5.74) is 1.62. The van der Waals surface area contributed by atoms with Gasteiger partial charge >= 0.3 is 0 Å². The molecule has 0 radical (unpaired) electrons. The summed E-state index contributed by atoms with van der Waals surface area (Å²) in [5.74, 6) is 0.709.